The van der Waals surface area contributed by atoms with Crippen molar-refractivity contribution in [3.8, 4) is 0 Å². The molecular weight excluding hydrogens is 274 g/mol. The second-order valence-corrected chi connectivity index (χ2v) is 6.38. The molecule has 0 aliphatic rings. The molecule has 1 heterocycles. The average Bonchev–Trinajstić information content (AvgIpc) is 2.90. The van der Waals surface area contributed by atoms with Gasteiger partial charge in [-0.1, -0.05) is 19.9 Å². The maximum atomic E-state index is 9.97. The van der Waals surface area contributed by atoms with Crippen molar-refractivity contribution in [2.24, 2.45) is 5.92 Å². The lowest BCUT2D eigenvalue weighted by atomic mass is 10.0. The highest BCUT2D eigenvalue weighted by atomic mass is 32.1. The summed E-state index contributed by atoms with van der Waals surface area (Å²) in [6.45, 7) is 7.70. The zero-order valence-electron chi connectivity index (χ0n) is 12.8. The van der Waals surface area contributed by atoms with Crippen molar-refractivity contribution in [3.63, 3.8) is 0 Å². The normalized spacial score (nSPS) is 16.3. The fourth-order valence-corrected chi connectivity index (χ4v) is 2.99. The van der Waals surface area contributed by atoms with Gasteiger partial charge in [-0.05, 0) is 24.3 Å². The minimum atomic E-state index is -0.504. The molecule has 5 heteroatoms. The molecule has 0 radical (unpaired) electrons. The number of rotatable bonds is 10. The molecular formula is C15H27NO3S. The van der Waals surface area contributed by atoms with E-state index >= 15 is 0 Å². The summed E-state index contributed by atoms with van der Waals surface area (Å²) in [6, 6.07) is 4.47. The summed E-state index contributed by atoms with van der Waals surface area (Å²) in [5.74, 6) is 0.481. The Hall–Kier alpha value is -0.460. The van der Waals surface area contributed by atoms with Gasteiger partial charge in [0.25, 0.3) is 0 Å². The molecule has 0 aliphatic heterocycles. The Morgan fingerprint density at radius 1 is 1.30 bits per heavy atom. The van der Waals surface area contributed by atoms with E-state index in [2.05, 4.69) is 36.7 Å². The third kappa shape index (κ3) is 6.33. The highest BCUT2D eigenvalue weighted by Crippen LogP contribution is 2.25. The molecule has 0 aliphatic carbocycles. The quantitative estimate of drug-likeness (QED) is 0.697. The molecule has 3 unspecified atom stereocenters. The van der Waals surface area contributed by atoms with Gasteiger partial charge in [-0.25, -0.2) is 0 Å². The Balaban J connectivity index is 2.32. The lowest BCUT2D eigenvalue weighted by Gasteiger charge is -2.23. The molecule has 0 spiro atoms. The molecule has 116 valence electrons. The van der Waals surface area contributed by atoms with Crippen molar-refractivity contribution in [2.45, 2.75) is 39.0 Å². The summed E-state index contributed by atoms with van der Waals surface area (Å²) in [7, 11) is 1.64. The molecule has 0 amide bonds. The molecule has 0 saturated carbocycles. The van der Waals surface area contributed by atoms with Crippen LogP contribution in [-0.2, 0) is 9.47 Å². The number of aliphatic hydroxyl groups is 1. The molecule has 0 bridgehead atoms. The highest BCUT2D eigenvalue weighted by molar-refractivity contribution is 7.10. The standard InChI is InChI=1S/C15H27NO3S/c1-11(2)15(14-6-5-7-20-14)16-8-13(17)10-19-12(3)9-18-4/h5-7,11-13,15-17H,8-10H2,1-4H3. The van der Waals surface area contributed by atoms with E-state index in [0.29, 0.717) is 25.7 Å². The number of methoxy groups -OCH3 is 1. The van der Waals surface area contributed by atoms with Crippen LogP contribution in [0, 0.1) is 5.92 Å². The number of hydrogen-bond acceptors (Lipinski definition) is 5. The molecule has 2 N–H and O–H groups in total. The molecule has 0 aromatic carbocycles. The van der Waals surface area contributed by atoms with E-state index in [-0.39, 0.29) is 12.1 Å². The van der Waals surface area contributed by atoms with Crippen LogP contribution in [-0.4, -0.2) is 44.2 Å². The zero-order chi connectivity index (χ0) is 15.0. The zero-order valence-corrected chi connectivity index (χ0v) is 13.7. The number of hydrogen-bond donors (Lipinski definition) is 2. The van der Waals surface area contributed by atoms with E-state index in [1.807, 2.05) is 6.92 Å². The first-order chi connectivity index (χ1) is 9.54. The SMILES string of the molecule is COCC(C)OCC(O)CNC(c1cccs1)C(C)C. The van der Waals surface area contributed by atoms with E-state index in [4.69, 9.17) is 9.47 Å². The number of nitrogens with one attached hydrogen (secondary N) is 1. The second-order valence-electron chi connectivity index (χ2n) is 5.40. The maximum Gasteiger partial charge on any atom is 0.0898 e. The van der Waals surface area contributed by atoms with Crippen LogP contribution in [0.4, 0.5) is 0 Å². The lowest BCUT2D eigenvalue weighted by molar-refractivity contribution is -0.0318. The Bertz CT molecular complexity index is 343. The molecule has 1 aromatic heterocycles. The first kappa shape index (κ1) is 17.6. The van der Waals surface area contributed by atoms with Crippen LogP contribution in [0.15, 0.2) is 17.5 Å². The summed E-state index contributed by atoms with van der Waals surface area (Å²) >= 11 is 1.74. The van der Waals surface area contributed by atoms with Gasteiger partial charge in [0.05, 0.1) is 25.4 Å². The summed E-state index contributed by atoms with van der Waals surface area (Å²) in [5, 5.41) is 15.5. The topological polar surface area (TPSA) is 50.7 Å². The first-order valence-electron chi connectivity index (χ1n) is 7.10. The molecule has 1 rings (SSSR count). The van der Waals surface area contributed by atoms with Crippen LogP contribution < -0.4 is 5.32 Å². The lowest BCUT2D eigenvalue weighted by Crippen LogP contribution is -2.35. The van der Waals surface area contributed by atoms with Gasteiger partial charge in [0.15, 0.2) is 0 Å². The van der Waals surface area contributed by atoms with Gasteiger partial charge >= 0.3 is 0 Å². The predicted octanol–water partition coefficient (Wildman–Crippen LogP) is 2.45. The molecule has 0 fully saturated rings. The second kappa shape index (κ2) is 9.47. The summed E-state index contributed by atoms with van der Waals surface area (Å²) < 4.78 is 10.5. The largest absolute Gasteiger partial charge is 0.389 e. The van der Waals surface area contributed by atoms with E-state index < -0.39 is 6.10 Å². The van der Waals surface area contributed by atoms with Gasteiger partial charge in [-0.15, -0.1) is 11.3 Å². The van der Waals surface area contributed by atoms with Crippen LogP contribution >= 0.6 is 11.3 Å². The third-order valence-electron chi connectivity index (χ3n) is 3.06. The highest BCUT2D eigenvalue weighted by Gasteiger charge is 2.18. The Kier molecular flexibility index (Phi) is 8.33. The summed E-state index contributed by atoms with van der Waals surface area (Å²) in [4.78, 5) is 1.31. The van der Waals surface area contributed by atoms with Gasteiger partial charge in [0, 0.05) is 24.6 Å². The van der Waals surface area contributed by atoms with Crippen LogP contribution in [0.1, 0.15) is 31.7 Å². The van der Waals surface area contributed by atoms with Crippen molar-refractivity contribution in [1.82, 2.24) is 5.32 Å². The monoisotopic (exact) mass is 301 g/mol. The number of aliphatic hydroxyl groups excluding tert-OH is 1. The van der Waals surface area contributed by atoms with Crippen LogP contribution in [0.2, 0.25) is 0 Å². The van der Waals surface area contributed by atoms with Gasteiger partial charge in [-0.2, -0.15) is 0 Å². The van der Waals surface area contributed by atoms with Crippen LogP contribution in [0.25, 0.3) is 0 Å². The van der Waals surface area contributed by atoms with Crippen LogP contribution in [0.3, 0.4) is 0 Å². The predicted molar refractivity (Wildman–Crippen MR) is 83.2 cm³/mol. The van der Waals surface area contributed by atoms with E-state index in [0.717, 1.165) is 0 Å². The summed E-state index contributed by atoms with van der Waals surface area (Å²) in [6.07, 6.45) is -0.497. The molecule has 4 nitrogen and oxygen atoms in total. The molecule has 20 heavy (non-hydrogen) atoms. The third-order valence-corrected chi connectivity index (χ3v) is 4.02. The Morgan fingerprint density at radius 3 is 2.60 bits per heavy atom. The minimum Gasteiger partial charge on any atom is -0.389 e. The number of thiophene rings is 1. The van der Waals surface area contributed by atoms with Gasteiger partial charge in [0.2, 0.25) is 0 Å². The fourth-order valence-electron chi connectivity index (χ4n) is 2.01. The van der Waals surface area contributed by atoms with Gasteiger partial charge in [0.1, 0.15) is 0 Å². The average molecular weight is 301 g/mol. The number of ether oxygens (including phenoxy) is 2. The van der Waals surface area contributed by atoms with Crippen LogP contribution in [0.5, 0.6) is 0 Å². The van der Waals surface area contributed by atoms with Gasteiger partial charge < -0.3 is 19.9 Å². The fraction of sp³-hybridized carbons (Fsp3) is 0.733. The minimum absolute atomic E-state index is 0.00726. The summed E-state index contributed by atoms with van der Waals surface area (Å²) in [5.41, 5.74) is 0. The van der Waals surface area contributed by atoms with Crippen molar-refractivity contribution < 1.29 is 14.6 Å². The maximum absolute atomic E-state index is 9.97. The van der Waals surface area contributed by atoms with Gasteiger partial charge in [-0.3, -0.25) is 0 Å². The Morgan fingerprint density at radius 2 is 2.05 bits per heavy atom. The smallest absolute Gasteiger partial charge is 0.0898 e. The van der Waals surface area contributed by atoms with E-state index in [1.165, 1.54) is 4.88 Å². The van der Waals surface area contributed by atoms with Crippen molar-refractivity contribution >= 4 is 11.3 Å². The van der Waals surface area contributed by atoms with Crippen molar-refractivity contribution in [1.29, 1.82) is 0 Å². The van der Waals surface area contributed by atoms with Crippen molar-refractivity contribution in [2.75, 3.05) is 26.9 Å². The van der Waals surface area contributed by atoms with E-state index in [1.54, 1.807) is 18.4 Å². The first-order valence-corrected chi connectivity index (χ1v) is 7.98. The van der Waals surface area contributed by atoms with Crippen molar-refractivity contribution in [3.05, 3.63) is 22.4 Å². The molecule has 0 saturated heterocycles. The van der Waals surface area contributed by atoms with E-state index in [9.17, 15) is 5.11 Å². The molecule has 3 atom stereocenters. The Labute approximate surface area is 126 Å². The molecule has 1 aromatic rings.